The minimum Gasteiger partial charge on any atom is -0.325 e. The van der Waals surface area contributed by atoms with E-state index in [0.29, 0.717) is 0 Å². The van der Waals surface area contributed by atoms with Crippen molar-refractivity contribution in [1.82, 2.24) is 4.90 Å². The van der Waals surface area contributed by atoms with Gasteiger partial charge in [0.05, 0.1) is 0 Å². The summed E-state index contributed by atoms with van der Waals surface area (Å²) >= 11 is 0. The molecular weight excluding hydrogens is 172 g/mol. The maximum atomic E-state index is 6.50. The van der Waals surface area contributed by atoms with Crippen molar-refractivity contribution in [3.05, 3.63) is 0 Å². The predicted molar refractivity (Wildman–Crippen MR) is 60.2 cm³/mol. The van der Waals surface area contributed by atoms with E-state index >= 15 is 0 Å². The van der Waals surface area contributed by atoms with E-state index < -0.39 is 0 Å². The second-order valence-electron chi connectivity index (χ2n) is 5.52. The Kier molecular flexibility index (Phi) is 3.13. The van der Waals surface area contributed by atoms with Crippen molar-refractivity contribution < 1.29 is 0 Å². The van der Waals surface area contributed by atoms with Gasteiger partial charge < -0.3 is 10.6 Å². The van der Waals surface area contributed by atoms with Gasteiger partial charge in [0, 0.05) is 5.54 Å². The first-order valence-electron chi connectivity index (χ1n) is 6.15. The van der Waals surface area contributed by atoms with Crippen LogP contribution < -0.4 is 5.73 Å². The molecular formula is C12H24N2. The molecule has 2 N–H and O–H groups in total. The molecule has 0 aromatic rings. The van der Waals surface area contributed by atoms with E-state index in [1.54, 1.807) is 0 Å². The predicted octanol–water partition coefficient (Wildman–Crippen LogP) is 1.99. The van der Waals surface area contributed by atoms with Crippen molar-refractivity contribution in [3.8, 4) is 0 Å². The van der Waals surface area contributed by atoms with Crippen molar-refractivity contribution >= 4 is 0 Å². The molecule has 1 saturated heterocycles. The maximum Gasteiger partial charge on any atom is 0.0169 e. The van der Waals surface area contributed by atoms with Crippen molar-refractivity contribution in [3.63, 3.8) is 0 Å². The van der Waals surface area contributed by atoms with Crippen LogP contribution >= 0.6 is 0 Å². The summed E-state index contributed by atoms with van der Waals surface area (Å²) in [7, 11) is 2.22. The quantitative estimate of drug-likeness (QED) is 0.732. The normalized spacial score (nSPS) is 36.4. The summed E-state index contributed by atoms with van der Waals surface area (Å²) in [5, 5.41) is 0. The van der Waals surface area contributed by atoms with Crippen molar-refractivity contribution in [2.24, 2.45) is 11.7 Å². The molecule has 2 rings (SSSR count). The molecule has 14 heavy (non-hydrogen) atoms. The van der Waals surface area contributed by atoms with E-state index in [4.69, 9.17) is 5.73 Å². The molecule has 0 spiro atoms. The monoisotopic (exact) mass is 196 g/mol. The summed E-state index contributed by atoms with van der Waals surface area (Å²) < 4.78 is 0. The lowest BCUT2D eigenvalue weighted by Gasteiger charge is -2.36. The standard InChI is InChI=1S/C12H24N2/c1-14-8-3-6-12(13,7-9-14)10-11-4-2-5-11/h11H,2-10,13H2,1H3. The van der Waals surface area contributed by atoms with Crippen LogP contribution in [0.5, 0.6) is 0 Å². The molecule has 2 nitrogen and oxygen atoms in total. The second kappa shape index (κ2) is 4.19. The van der Waals surface area contributed by atoms with Gasteiger partial charge in [-0.15, -0.1) is 0 Å². The lowest BCUT2D eigenvalue weighted by molar-refractivity contribution is 0.207. The molecule has 2 heteroatoms. The highest BCUT2D eigenvalue weighted by Gasteiger charge is 2.32. The van der Waals surface area contributed by atoms with Gasteiger partial charge in [-0.3, -0.25) is 0 Å². The van der Waals surface area contributed by atoms with Crippen molar-refractivity contribution in [2.75, 3.05) is 20.1 Å². The fourth-order valence-corrected chi connectivity index (χ4v) is 2.83. The highest BCUT2D eigenvalue weighted by Crippen LogP contribution is 2.36. The van der Waals surface area contributed by atoms with Gasteiger partial charge in [0.2, 0.25) is 0 Å². The van der Waals surface area contributed by atoms with Gasteiger partial charge in [-0.25, -0.2) is 0 Å². The third-order valence-electron chi connectivity index (χ3n) is 4.13. The Hall–Kier alpha value is -0.0800. The smallest absolute Gasteiger partial charge is 0.0169 e. The summed E-state index contributed by atoms with van der Waals surface area (Å²) in [5.74, 6) is 0.961. The highest BCUT2D eigenvalue weighted by atomic mass is 15.1. The van der Waals surface area contributed by atoms with Crippen LogP contribution in [0.1, 0.15) is 44.9 Å². The SMILES string of the molecule is CN1CCCC(N)(CC2CCC2)CC1. The largest absolute Gasteiger partial charge is 0.325 e. The third-order valence-corrected chi connectivity index (χ3v) is 4.13. The average molecular weight is 196 g/mol. The number of hydrogen-bond donors (Lipinski definition) is 1. The number of likely N-dealkylation sites (tertiary alicyclic amines) is 1. The lowest BCUT2D eigenvalue weighted by atomic mass is 9.74. The molecule has 1 aliphatic heterocycles. The van der Waals surface area contributed by atoms with Crippen LogP contribution in [0.2, 0.25) is 0 Å². The van der Waals surface area contributed by atoms with Crippen LogP contribution in [0.25, 0.3) is 0 Å². The number of hydrogen-bond acceptors (Lipinski definition) is 2. The maximum absolute atomic E-state index is 6.50. The van der Waals surface area contributed by atoms with E-state index in [1.807, 2.05) is 0 Å². The Bertz CT molecular complexity index is 189. The molecule has 82 valence electrons. The molecule has 1 atom stereocenters. The van der Waals surface area contributed by atoms with Gasteiger partial charge >= 0.3 is 0 Å². The second-order valence-corrected chi connectivity index (χ2v) is 5.52. The molecule has 2 aliphatic rings. The van der Waals surface area contributed by atoms with Gasteiger partial charge in [0.25, 0.3) is 0 Å². The van der Waals surface area contributed by atoms with Crippen molar-refractivity contribution in [1.29, 1.82) is 0 Å². The molecule has 0 aromatic carbocycles. The molecule has 0 radical (unpaired) electrons. The van der Waals surface area contributed by atoms with Crippen LogP contribution in [-0.2, 0) is 0 Å². The number of nitrogens with zero attached hydrogens (tertiary/aromatic N) is 1. The van der Waals surface area contributed by atoms with E-state index in [9.17, 15) is 0 Å². The summed E-state index contributed by atoms with van der Waals surface area (Å²) in [6.07, 6.45) is 9.36. The summed E-state index contributed by atoms with van der Waals surface area (Å²) in [6, 6.07) is 0. The third kappa shape index (κ3) is 2.48. The Balaban J connectivity index is 1.85. The van der Waals surface area contributed by atoms with Gasteiger partial charge in [-0.05, 0) is 51.7 Å². The van der Waals surface area contributed by atoms with Crippen LogP contribution in [-0.4, -0.2) is 30.6 Å². The van der Waals surface area contributed by atoms with E-state index in [1.165, 1.54) is 58.0 Å². The fraction of sp³-hybridized carbons (Fsp3) is 1.00. The minimum absolute atomic E-state index is 0.176. The number of rotatable bonds is 2. The molecule has 0 amide bonds. The molecule has 1 aliphatic carbocycles. The molecule has 2 fully saturated rings. The first-order valence-corrected chi connectivity index (χ1v) is 6.15. The van der Waals surface area contributed by atoms with Crippen LogP contribution in [0.4, 0.5) is 0 Å². The van der Waals surface area contributed by atoms with E-state index in [2.05, 4.69) is 11.9 Å². The first kappa shape index (κ1) is 10.4. The molecule has 1 heterocycles. The van der Waals surface area contributed by atoms with Gasteiger partial charge in [0.1, 0.15) is 0 Å². The first-order chi connectivity index (χ1) is 6.68. The zero-order valence-electron chi connectivity index (χ0n) is 9.47. The van der Waals surface area contributed by atoms with E-state index in [-0.39, 0.29) is 5.54 Å². The van der Waals surface area contributed by atoms with Crippen LogP contribution in [0.15, 0.2) is 0 Å². The van der Waals surface area contributed by atoms with Crippen LogP contribution in [0, 0.1) is 5.92 Å². The van der Waals surface area contributed by atoms with Gasteiger partial charge in [-0.2, -0.15) is 0 Å². The van der Waals surface area contributed by atoms with Gasteiger partial charge in [0.15, 0.2) is 0 Å². The number of nitrogens with two attached hydrogens (primary N) is 1. The van der Waals surface area contributed by atoms with Crippen molar-refractivity contribution in [2.45, 2.75) is 50.5 Å². The Morgan fingerprint density at radius 1 is 1.21 bits per heavy atom. The Labute approximate surface area is 87.8 Å². The Morgan fingerprint density at radius 3 is 2.64 bits per heavy atom. The lowest BCUT2D eigenvalue weighted by Crippen LogP contribution is -2.43. The summed E-state index contributed by atoms with van der Waals surface area (Å²) in [6.45, 7) is 2.44. The van der Waals surface area contributed by atoms with Gasteiger partial charge in [-0.1, -0.05) is 19.3 Å². The fourth-order valence-electron chi connectivity index (χ4n) is 2.83. The Morgan fingerprint density at radius 2 is 2.00 bits per heavy atom. The molecule has 0 aromatic heterocycles. The zero-order chi connectivity index (χ0) is 10.0. The van der Waals surface area contributed by atoms with Crippen LogP contribution in [0.3, 0.4) is 0 Å². The summed E-state index contributed by atoms with van der Waals surface area (Å²) in [5.41, 5.74) is 6.68. The molecule has 0 bridgehead atoms. The highest BCUT2D eigenvalue weighted by molar-refractivity contribution is 4.91. The molecule has 1 saturated carbocycles. The minimum atomic E-state index is 0.176. The van der Waals surface area contributed by atoms with E-state index in [0.717, 1.165) is 5.92 Å². The summed E-state index contributed by atoms with van der Waals surface area (Å²) in [4.78, 5) is 2.43. The average Bonchev–Trinajstić information content (AvgIpc) is 2.23. The zero-order valence-corrected chi connectivity index (χ0v) is 9.47. The topological polar surface area (TPSA) is 29.3 Å². The molecule has 1 unspecified atom stereocenters.